The van der Waals surface area contributed by atoms with Crippen molar-refractivity contribution in [3.05, 3.63) is 0 Å². The standard InChI is InChI=1S/C4H5BNO2/c1-2-3(7)6-4(8)5-2/h2H,1H3,(H,6,7,8). The number of hydrogen-bond donors (Lipinski definition) is 1. The molecule has 8 heavy (non-hydrogen) atoms. The van der Waals surface area contributed by atoms with E-state index in [1.807, 2.05) is 0 Å². The molecule has 0 aliphatic carbocycles. The molecule has 0 aromatic carbocycles. The smallest absolute Gasteiger partial charge is 0.246 e. The van der Waals surface area contributed by atoms with Gasteiger partial charge in [0.15, 0.2) is 5.81 Å². The van der Waals surface area contributed by atoms with Gasteiger partial charge in [-0.1, -0.05) is 6.92 Å². The molecule has 1 heterocycles. The third-order valence-corrected chi connectivity index (χ3v) is 1.06. The lowest BCUT2D eigenvalue weighted by atomic mass is 9.68. The fourth-order valence-corrected chi connectivity index (χ4v) is 0.580. The molecule has 1 unspecified atom stereocenters. The van der Waals surface area contributed by atoms with Crippen LogP contribution < -0.4 is 5.32 Å². The van der Waals surface area contributed by atoms with E-state index < -0.39 is 0 Å². The van der Waals surface area contributed by atoms with Gasteiger partial charge in [-0.15, -0.1) is 0 Å². The van der Waals surface area contributed by atoms with E-state index in [1.54, 1.807) is 6.92 Å². The van der Waals surface area contributed by atoms with Crippen LogP contribution in [0.15, 0.2) is 0 Å². The summed E-state index contributed by atoms with van der Waals surface area (Å²) in [7, 11) is 1.36. The van der Waals surface area contributed by atoms with Crippen LogP contribution in [0.1, 0.15) is 6.92 Å². The number of rotatable bonds is 0. The number of amides is 2. The molecule has 1 saturated heterocycles. The predicted molar refractivity (Wildman–Crippen MR) is 28.7 cm³/mol. The van der Waals surface area contributed by atoms with Gasteiger partial charge < -0.3 is 5.32 Å². The first-order chi connectivity index (χ1) is 3.70. The van der Waals surface area contributed by atoms with Gasteiger partial charge in [-0.3, -0.25) is 9.59 Å². The van der Waals surface area contributed by atoms with Crippen molar-refractivity contribution in [1.82, 2.24) is 5.32 Å². The van der Waals surface area contributed by atoms with E-state index in [0.29, 0.717) is 0 Å². The van der Waals surface area contributed by atoms with E-state index >= 15 is 0 Å². The maximum absolute atomic E-state index is 10.4. The second-order valence-electron chi connectivity index (χ2n) is 1.81. The first-order valence-electron chi connectivity index (χ1n) is 2.40. The van der Waals surface area contributed by atoms with Crippen LogP contribution in [-0.4, -0.2) is 19.0 Å². The first kappa shape index (κ1) is 5.34. The Kier molecular flexibility index (Phi) is 1.08. The number of imide groups is 1. The van der Waals surface area contributed by atoms with E-state index in [-0.39, 0.29) is 17.5 Å². The first-order valence-corrected chi connectivity index (χ1v) is 2.40. The quantitative estimate of drug-likeness (QED) is 0.437. The summed E-state index contributed by atoms with van der Waals surface area (Å²) in [5.41, 5.74) is 0. The predicted octanol–water partition coefficient (Wildman–Crippen LogP) is -0.251. The van der Waals surface area contributed by atoms with Gasteiger partial charge in [0.2, 0.25) is 13.2 Å². The highest BCUT2D eigenvalue weighted by Gasteiger charge is 2.27. The van der Waals surface area contributed by atoms with Crippen LogP contribution in [0.25, 0.3) is 0 Å². The molecule has 0 aromatic rings. The fourth-order valence-electron chi connectivity index (χ4n) is 0.580. The molecule has 0 aromatic heterocycles. The number of hydrogen-bond acceptors (Lipinski definition) is 2. The van der Waals surface area contributed by atoms with Crippen LogP contribution in [0.5, 0.6) is 0 Å². The zero-order chi connectivity index (χ0) is 6.15. The molecule has 1 fully saturated rings. The maximum atomic E-state index is 10.4. The summed E-state index contributed by atoms with van der Waals surface area (Å²) in [5, 5.41) is 2.13. The van der Waals surface area contributed by atoms with Crippen LogP contribution >= 0.6 is 0 Å². The third kappa shape index (κ3) is 0.733. The Morgan fingerprint density at radius 1 is 1.62 bits per heavy atom. The Labute approximate surface area is 47.7 Å². The highest BCUT2D eigenvalue weighted by Crippen LogP contribution is 2.06. The average Bonchev–Trinajstić information content (AvgIpc) is 1.85. The second-order valence-corrected chi connectivity index (χ2v) is 1.81. The van der Waals surface area contributed by atoms with Crippen molar-refractivity contribution >= 4 is 19.0 Å². The lowest BCUT2D eigenvalue weighted by Crippen LogP contribution is -2.19. The van der Waals surface area contributed by atoms with Crippen molar-refractivity contribution in [2.45, 2.75) is 12.7 Å². The summed E-state index contributed by atoms with van der Waals surface area (Å²) >= 11 is 0. The van der Waals surface area contributed by atoms with Crippen LogP contribution in [-0.2, 0) is 4.79 Å². The molecular formula is C4H5BNO2. The van der Waals surface area contributed by atoms with Crippen molar-refractivity contribution in [1.29, 1.82) is 0 Å². The summed E-state index contributed by atoms with van der Waals surface area (Å²) in [5.74, 6) is -0.708. The Bertz CT molecular complexity index is 145. The van der Waals surface area contributed by atoms with E-state index in [1.165, 1.54) is 7.28 Å². The van der Waals surface area contributed by atoms with Gasteiger partial charge in [0, 0.05) is 5.82 Å². The molecule has 1 aliphatic rings. The fraction of sp³-hybridized carbons (Fsp3) is 0.500. The van der Waals surface area contributed by atoms with Crippen LogP contribution in [0.2, 0.25) is 5.82 Å². The van der Waals surface area contributed by atoms with E-state index in [4.69, 9.17) is 0 Å². The molecule has 1 radical (unpaired) electrons. The molecule has 0 spiro atoms. The minimum Gasteiger partial charge on any atom is -0.306 e. The van der Waals surface area contributed by atoms with Crippen molar-refractivity contribution in [2.75, 3.05) is 0 Å². The minimum atomic E-state index is -0.275. The zero-order valence-electron chi connectivity index (χ0n) is 4.47. The van der Waals surface area contributed by atoms with E-state index in [9.17, 15) is 9.59 Å². The Hall–Kier alpha value is -0.795. The number of carbonyl (C=O) groups excluding carboxylic acids is 2. The number of carbonyl (C=O) groups is 2. The molecule has 4 heteroatoms. The van der Waals surface area contributed by atoms with Crippen molar-refractivity contribution < 1.29 is 9.59 Å². The highest BCUT2D eigenvalue weighted by molar-refractivity contribution is 6.81. The summed E-state index contributed by atoms with van der Waals surface area (Å²) in [6, 6.07) is 0. The Morgan fingerprint density at radius 3 is 2.38 bits per heavy atom. The topological polar surface area (TPSA) is 46.2 Å². The van der Waals surface area contributed by atoms with Crippen LogP contribution in [0.3, 0.4) is 0 Å². The zero-order valence-corrected chi connectivity index (χ0v) is 4.47. The van der Waals surface area contributed by atoms with Gasteiger partial charge in [0.05, 0.1) is 0 Å². The Morgan fingerprint density at radius 2 is 2.25 bits per heavy atom. The molecule has 3 nitrogen and oxygen atoms in total. The van der Waals surface area contributed by atoms with E-state index in [0.717, 1.165) is 0 Å². The van der Waals surface area contributed by atoms with Gasteiger partial charge in [-0.25, -0.2) is 0 Å². The van der Waals surface area contributed by atoms with Gasteiger partial charge in [-0.2, -0.15) is 0 Å². The van der Waals surface area contributed by atoms with Crippen molar-refractivity contribution in [3.63, 3.8) is 0 Å². The normalized spacial score (nSPS) is 27.4. The van der Waals surface area contributed by atoms with Crippen molar-refractivity contribution in [3.8, 4) is 0 Å². The van der Waals surface area contributed by atoms with Crippen molar-refractivity contribution in [2.24, 2.45) is 0 Å². The molecular weight excluding hydrogens is 105 g/mol. The summed E-state index contributed by atoms with van der Waals surface area (Å²) in [4.78, 5) is 20.7. The lowest BCUT2D eigenvalue weighted by molar-refractivity contribution is -0.119. The monoisotopic (exact) mass is 110 g/mol. The Balaban J connectivity index is 2.64. The molecule has 0 bridgehead atoms. The molecule has 1 N–H and O–H groups in total. The maximum Gasteiger partial charge on any atom is 0.246 e. The molecule has 2 amide bonds. The summed E-state index contributed by atoms with van der Waals surface area (Å²) in [6.07, 6.45) is 0. The number of nitrogens with one attached hydrogen (secondary N) is 1. The molecule has 1 atom stereocenters. The molecule has 0 saturated carbocycles. The molecule has 1 aliphatic heterocycles. The van der Waals surface area contributed by atoms with Crippen LogP contribution in [0.4, 0.5) is 4.79 Å². The lowest BCUT2D eigenvalue weighted by Gasteiger charge is -1.88. The van der Waals surface area contributed by atoms with Gasteiger partial charge in [0.1, 0.15) is 0 Å². The minimum absolute atomic E-state index is 0.199. The summed E-state index contributed by atoms with van der Waals surface area (Å²) < 4.78 is 0. The second kappa shape index (κ2) is 1.61. The van der Waals surface area contributed by atoms with Gasteiger partial charge in [-0.05, 0) is 0 Å². The molecule has 1 rings (SSSR count). The van der Waals surface area contributed by atoms with Gasteiger partial charge >= 0.3 is 0 Å². The average molecular weight is 110 g/mol. The van der Waals surface area contributed by atoms with E-state index in [2.05, 4.69) is 5.32 Å². The van der Waals surface area contributed by atoms with Crippen LogP contribution in [0, 0.1) is 0 Å². The summed E-state index contributed by atoms with van der Waals surface area (Å²) in [6.45, 7) is 1.68. The highest BCUT2D eigenvalue weighted by atomic mass is 16.2. The SMILES string of the molecule is CC1[B]C(=O)NC1=O. The van der Waals surface area contributed by atoms with Gasteiger partial charge in [0.25, 0.3) is 0 Å². The molecule has 41 valence electrons. The largest absolute Gasteiger partial charge is 0.306 e. The third-order valence-electron chi connectivity index (χ3n) is 1.06.